The normalized spacial score (nSPS) is 12.6. The van der Waals surface area contributed by atoms with E-state index in [-0.39, 0.29) is 6.04 Å². The fourth-order valence-corrected chi connectivity index (χ4v) is 1.50. The second-order valence-electron chi connectivity index (χ2n) is 4.26. The number of anilines is 1. The van der Waals surface area contributed by atoms with Crippen molar-refractivity contribution in [3.63, 3.8) is 0 Å². The van der Waals surface area contributed by atoms with Crippen LogP contribution in [0.3, 0.4) is 0 Å². The SMILES string of the molecule is CCCCCNc1nnc(C(C)NCCC)o1. The number of nitrogens with one attached hydrogen (secondary N) is 2. The maximum atomic E-state index is 5.53. The van der Waals surface area contributed by atoms with E-state index in [2.05, 4.69) is 34.7 Å². The number of hydrogen-bond donors (Lipinski definition) is 2. The van der Waals surface area contributed by atoms with Crippen LogP contribution in [-0.2, 0) is 0 Å². The van der Waals surface area contributed by atoms with Crippen molar-refractivity contribution in [1.82, 2.24) is 15.5 Å². The fourth-order valence-electron chi connectivity index (χ4n) is 1.50. The van der Waals surface area contributed by atoms with Crippen molar-refractivity contribution in [1.29, 1.82) is 0 Å². The van der Waals surface area contributed by atoms with Crippen LogP contribution in [0.2, 0.25) is 0 Å². The van der Waals surface area contributed by atoms with Crippen molar-refractivity contribution in [3.8, 4) is 0 Å². The molecule has 2 N–H and O–H groups in total. The van der Waals surface area contributed by atoms with Crippen LogP contribution in [-0.4, -0.2) is 23.3 Å². The molecule has 17 heavy (non-hydrogen) atoms. The molecule has 5 heteroatoms. The Labute approximate surface area is 103 Å². The molecular weight excluding hydrogens is 216 g/mol. The van der Waals surface area contributed by atoms with E-state index in [1.54, 1.807) is 0 Å². The Morgan fingerprint density at radius 3 is 2.65 bits per heavy atom. The summed E-state index contributed by atoms with van der Waals surface area (Å²) < 4.78 is 5.53. The van der Waals surface area contributed by atoms with Gasteiger partial charge in [0, 0.05) is 6.54 Å². The molecule has 5 nitrogen and oxygen atoms in total. The standard InChI is InChI=1S/C12H24N4O/c1-4-6-7-9-14-12-16-15-11(17-12)10(3)13-8-5-2/h10,13H,4-9H2,1-3H3,(H,14,16). The van der Waals surface area contributed by atoms with Gasteiger partial charge in [0.05, 0.1) is 6.04 Å². The largest absolute Gasteiger partial charge is 0.406 e. The number of hydrogen-bond acceptors (Lipinski definition) is 5. The third-order valence-corrected chi connectivity index (χ3v) is 2.57. The zero-order valence-electron chi connectivity index (χ0n) is 11.1. The first-order chi connectivity index (χ1) is 8.27. The predicted molar refractivity (Wildman–Crippen MR) is 69.0 cm³/mol. The minimum atomic E-state index is 0.119. The maximum absolute atomic E-state index is 5.53. The number of nitrogens with zero attached hydrogens (tertiary/aromatic N) is 2. The maximum Gasteiger partial charge on any atom is 0.315 e. The zero-order valence-corrected chi connectivity index (χ0v) is 11.1. The van der Waals surface area contributed by atoms with Gasteiger partial charge in [-0.05, 0) is 26.3 Å². The van der Waals surface area contributed by atoms with Crippen molar-refractivity contribution < 1.29 is 4.42 Å². The van der Waals surface area contributed by atoms with Gasteiger partial charge in [-0.25, -0.2) is 0 Å². The number of aromatic nitrogens is 2. The molecule has 1 rings (SSSR count). The molecule has 1 aromatic rings. The highest BCUT2D eigenvalue weighted by atomic mass is 16.4. The second kappa shape index (κ2) is 8.06. The minimum Gasteiger partial charge on any atom is -0.406 e. The highest BCUT2D eigenvalue weighted by molar-refractivity contribution is 5.16. The molecule has 0 aliphatic carbocycles. The lowest BCUT2D eigenvalue weighted by atomic mass is 10.2. The summed E-state index contributed by atoms with van der Waals surface area (Å²) >= 11 is 0. The van der Waals surface area contributed by atoms with Crippen LogP contribution < -0.4 is 10.6 Å². The number of unbranched alkanes of at least 4 members (excludes halogenated alkanes) is 2. The van der Waals surface area contributed by atoms with Crippen LogP contribution in [0.4, 0.5) is 6.01 Å². The number of rotatable bonds is 9. The average molecular weight is 240 g/mol. The molecule has 0 aliphatic rings. The Bertz CT molecular complexity index is 300. The van der Waals surface area contributed by atoms with Crippen molar-refractivity contribution >= 4 is 6.01 Å². The van der Waals surface area contributed by atoms with Gasteiger partial charge in [-0.1, -0.05) is 31.8 Å². The van der Waals surface area contributed by atoms with Gasteiger partial charge in [-0.15, -0.1) is 5.10 Å². The van der Waals surface area contributed by atoms with Crippen LogP contribution in [0.15, 0.2) is 4.42 Å². The van der Waals surface area contributed by atoms with E-state index < -0.39 is 0 Å². The molecule has 1 aromatic heterocycles. The van der Waals surface area contributed by atoms with Crippen molar-refractivity contribution in [2.24, 2.45) is 0 Å². The summed E-state index contributed by atoms with van der Waals surface area (Å²) in [7, 11) is 0. The molecule has 0 amide bonds. The van der Waals surface area contributed by atoms with Gasteiger partial charge in [0.15, 0.2) is 0 Å². The van der Waals surface area contributed by atoms with Gasteiger partial charge in [-0.2, -0.15) is 0 Å². The van der Waals surface area contributed by atoms with Gasteiger partial charge in [0.2, 0.25) is 5.89 Å². The second-order valence-corrected chi connectivity index (χ2v) is 4.26. The van der Waals surface area contributed by atoms with Crippen molar-refractivity contribution in [3.05, 3.63) is 5.89 Å². The van der Waals surface area contributed by atoms with E-state index in [1.165, 1.54) is 12.8 Å². The molecular formula is C12H24N4O. The third kappa shape index (κ3) is 5.17. The van der Waals surface area contributed by atoms with Crippen molar-refractivity contribution in [2.45, 2.75) is 52.5 Å². The van der Waals surface area contributed by atoms with Gasteiger partial charge in [0.1, 0.15) is 0 Å². The molecule has 0 aromatic carbocycles. The monoisotopic (exact) mass is 240 g/mol. The minimum absolute atomic E-state index is 0.119. The van der Waals surface area contributed by atoms with E-state index in [1.807, 2.05) is 6.92 Å². The summed E-state index contributed by atoms with van der Waals surface area (Å²) in [4.78, 5) is 0. The summed E-state index contributed by atoms with van der Waals surface area (Å²) in [5.41, 5.74) is 0. The Morgan fingerprint density at radius 1 is 1.12 bits per heavy atom. The highest BCUT2D eigenvalue weighted by Gasteiger charge is 2.12. The van der Waals surface area contributed by atoms with Crippen LogP contribution in [0, 0.1) is 0 Å². The van der Waals surface area contributed by atoms with E-state index in [9.17, 15) is 0 Å². The van der Waals surface area contributed by atoms with Crippen molar-refractivity contribution in [2.75, 3.05) is 18.4 Å². The molecule has 1 atom stereocenters. The topological polar surface area (TPSA) is 63.0 Å². The van der Waals surface area contributed by atoms with Gasteiger partial charge in [-0.3, -0.25) is 0 Å². The van der Waals surface area contributed by atoms with Crippen LogP contribution in [0.25, 0.3) is 0 Å². The Balaban J connectivity index is 2.31. The smallest absolute Gasteiger partial charge is 0.315 e. The summed E-state index contributed by atoms with van der Waals surface area (Å²) in [5, 5.41) is 14.5. The first-order valence-corrected chi connectivity index (χ1v) is 6.58. The van der Waals surface area contributed by atoms with E-state index in [0.29, 0.717) is 11.9 Å². The molecule has 1 heterocycles. The van der Waals surface area contributed by atoms with E-state index >= 15 is 0 Å². The molecule has 0 saturated heterocycles. The van der Waals surface area contributed by atoms with Gasteiger partial charge < -0.3 is 15.1 Å². The molecule has 0 fully saturated rings. The molecule has 0 aliphatic heterocycles. The average Bonchev–Trinajstić information content (AvgIpc) is 2.80. The van der Waals surface area contributed by atoms with Gasteiger partial charge >= 0.3 is 6.01 Å². The Kier molecular flexibility index (Phi) is 6.62. The lowest BCUT2D eigenvalue weighted by Gasteiger charge is -2.07. The molecule has 0 saturated carbocycles. The van der Waals surface area contributed by atoms with E-state index in [0.717, 1.165) is 25.9 Å². The lowest BCUT2D eigenvalue weighted by molar-refractivity contribution is 0.423. The fraction of sp³-hybridized carbons (Fsp3) is 0.833. The molecule has 1 unspecified atom stereocenters. The van der Waals surface area contributed by atoms with Crippen LogP contribution >= 0.6 is 0 Å². The van der Waals surface area contributed by atoms with E-state index in [4.69, 9.17) is 4.42 Å². The van der Waals surface area contributed by atoms with Crippen LogP contribution in [0.1, 0.15) is 58.4 Å². The summed E-state index contributed by atoms with van der Waals surface area (Å²) in [6.45, 7) is 8.21. The first kappa shape index (κ1) is 14.0. The Hall–Kier alpha value is -1.10. The summed E-state index contributed by atoms with van der Waals surface area (Å²) in [5.74, 6) is 0.649. The third-order valence-electron chi connectivity index (χ3n) is 2.57. The first-order valence-electron chi connectivity index (χ1n) is 6.58. The molecule has 0 spiro atoms. The highest BCUT2D eigenvalue weighted by Crippen LogP contribution is 2.13. The summed E-state index contributed by atoms with van der Waals surface area (Å²) in [6.07, 6.45) is 4.68. The predicted octanol–water partition coefficient (Wildman–Crippen LogP) is 2.73. The molecule has 98 valence electrons. The van der Waals surface area contributed by atoms with Gasteiger partial charge in [0.25, 0.3) is 0 Å². The zero-order chi connectivity index (χ0) is 12.5. The Morgan fingerprint density at radius 2 is 1.94 bits per heavy atom. The summed E-state index contributed by atoms with van der Waals surface area (Å²) in [6, 6.07) is 0.648. The molecule has 0 radical (unpaired) electrons. The quantitative estimate of drug-likeness (QED) is 0.650. The lowest BCUT2D eigenvalue weighted by Crippen LogP contribution is -2.19. The van der Waals surface area contributed by atoms with Crippen LogP contribution in [0.5, 0.6) is 0 Å². The molecule has 0 bridgehead atoms.